The van der Waals surface area contributed by atoms with Crippen molar-refractivity contribution in [2.75, 3.05) is 6.26 Å². The Balaban J connectivity index is 2.66. The van der Waals surface area contributed by atoms with Crippen molar-refractivity contribution in [2.45, 2.75) is 4.90 Å². The Morgan fingerprint density at radius 2 is 2.06 bits per heavy atom. The van der Waals surface area contributed by atoms with E-state index in [1.54, 1.807) is 12.1 Å². The Morgan fingerprint density at radius 1 is 1.33 bits per heavy atom. The molecular formula is C12H8BrClO3S. The fraction of sp³-hybridized carbons (Fsp3) is 0.0833. The van der Waals surface area contributed by atoms with Gasteiger partial charge in [-0.3, -0.25) is 4.21 Å². The Kier molecular flexibility index (Phi) is 4.04. The summed E-state index contributed by atoms with van der Waals surface area (Å²) in [5.41, 5.74) is 0.0317. The summed E-state index contributed by atoms with van der Waals surface area (Å²) in [5.74, 6) is 0.343. The van der Waals surface area contributed by atoms with Crippen LogP contribution in [-0.4, -0.2) is 10.5 Å². The highest BCUT2D eigenvalue weighted by Crippen LogP contribution is 2.26. The molecule has 0 spiro atoms. The molecule has 1 unspecified atom stereocenters. The summed E-state index contributed by atoms with van der Waals surface area (Å²) >= 11 is 9.10. The smallest absolute Gasteiger partial charge is 0.356 e. The van der Waals surface area contributed by atoms with Gasteiger partial charge >= 0.3 is 5.63 Å². The van der Waals surface area contributed by atoms with E-state index in [0.717, 1.165) is 4.47 Å². The van der Waals surface area contributed by atoms with Crippen molar-refractivity contribution >= 4 is 38.3 Å². The lowest BCUT2D eigenvalue weighted by Gasteiger charge is -2.04. The van der Waals surface area contributed by atoms with Gasteiger partial charge in [0.1, 0.15) is 10.8 Å². The lowest BCUT2D eigenvalue weighted by Crippen LogP contribution is -2.05. The van der Waals surface area contributed by atoms with E-state index in [2.05, 4.69) is 15.9 Å². The Bertz CT molecular complexity index is 681. The van der Waals surface area contributed by atoms with E-state index in [1.165, 1.54) is 12.3 Å². The van der Waals surface area contributed by atoms with Crippen LogP contribution in [0.4, 0.5) is 0 Å². The van der Waals surface area contributed by atoms with Crippen LogP contribution in [0.3, 0.4) is 0 Å². The molecule has 0 N–H and O–H groups in total. The van der Waals surface area contributed by atoms with E-state index < -0.39 is 16.4 Å². The highest BCUT2D eigenvalue weighted by molar-refractivity contribution is 9.10. The average molecular weight is 348 g/mol. The van der Waals surface area contributed by atoms with Gasteiger partial charge < -0.3 is 4.42 Å². The predicted octanol–water partition coefficient (Wildman–Crippen LogP) is 3.46. The van der Waals surface area contributed by atoms with Crippen molar-refractivity contribution in [2.24, 2.45) is 0 Å². The van der Waals surface area contributed by atoms with E-state index in [9.17, 15) is 9.00 Å². The normalized spacial score (nSPS) is 12.4. The molecule has 2 aromatic rings. The van der Waals surface area contributed by atoms with Gasteiger partial charge in [-0.25, -0.2) is 4.79 Å². The van der Waals surface area contributed by atoms with Gasteiger partial charge in [0.25, 0.3) is 0 Å². The highest BCUT2D eigenvalue weighted by atomic mass is 79.9. The van der Waals surface area contributed by atoms with Crippen LogP contribution in [0.5, 0.6) is 0 Å². The third kappa shape index (κ3) is 2.74. The molecule has 1 aromatic carbocycles. The first-order valence-corrected chi connectivity index (χ1v) is 7.65. The van der Waals surface area contributed by atoms with Gasteiger partial charge in [0.05, 0.1) is 15.7 Å². The van der Waals surface area contributed by atoms with Crippen LogP contribution in [0.25, 0.3) is 11.3 Å². The summed E-state index contributed by atoms with van der Waals surface area (Å²) in [5, 5.41) is -0.130. The zero-order chi connectivity index (χ0) is 13.3. The molecule has 2 rings (SSSR count). The molecule has 3 nitrogen and oxygen atoms in total. The first-order valence-electron chi connectivity index (χ1n) is 4.92. The van der Waals surface area contributed by atoms with Crippen molar-refractivity contribution < 1.29 is 8.63 Å². The van der Waals surface area contributed by atoms with Crippen molar-refractivity contribution in [3.05, 3.63) is 50.2 Å². The van der Waals surface area contributed by atoms with Crippen molar-refractivity contribution in [3.8, 4) is 11.3 Å². The molecule has 6 heteroatoms. The molecule has 0 aliphatic carbocycles. The molecule has 18 heavy (non-hydrogen) atoms. The predicted molar refractivity (Wildman–Crippen MR) is 75.5 cm³/mol. The second-order valence-corrected chi connectivity index (χ2v) is 6.18. The van der Waals surface area contributed by atoms with Crippen molar-refractivity contribution in [1.29, 1.82) is 0 Å². The molecule has 94 valence electrons. The van der Waals surface area contributed by atoms with E-state index in [1.807, 2.05) is 12.1 Å². The molecule has 0 bridgehead atoms. The Morgan fingerprint density at radius 3 is 2.67 bits per heavy atom. The molecule has 0 saturated carbocycles. The van der Waals surface area contributed by atoms with Gasteiger partial charge in [-0.1, -0.05) is 39.7 Å². The fourth-order valence-electron chi connectivity index (χ4n) is 1.45. The lowest BCUT2D eigenvalue weighted by molar-refractivity contribution is 0.521. The summed E-state index contributed by atoms with van der Waals surface area (Å²) in [4.78, 5) is 11.9. The SMILES string of the molecule is CS(=O)c1cc(-c2cccc(Br)c2)oc(=O)c1Cl. The summed E-state index contributed by atoms with van der Waals surface area (Å²) in [7, 11) is -1.34. The Labute approximate surface area is 119 Å². The standard InChI is InChI=1S/C12H8BrClO3S/c1-18(16)10-6-9(17-12(15)11(10)14)7-3-2-4-8(13)5-7/h2-6H,1H3. The Hall–Kier alpha value is -0.910. The minimum absolute atomic E-state index is 0.130. The molecule has 0 saturated heterocycles. The van der Waals surface area contributed by atoms with Crippen LogP contribution in [0, 0.1) is 0 Å². The molecule has 1 atom stereocenters. The molecule has 0 aliphatic heterocycles. The molecule has 0 radical (unpaired) electrons. The van der Waals surface area contributed by atoms with Gasteiger partial charge in [0.2, 0.25) is 0 Å². The first kappa shape index (κ1) is 13.5. The largest absolute Gasteiger partial charge is 0.422 e. The zero-order valence-corrected chi connectivity index (χ0v) is 12.4. The topological polar surface area (TPSA) is 47.3 Å². The summed E-state index contributed by atoms with van der Waals surface area (Å²) in [6.07, 6.45) is 1.46. The third-order valence-corrected chi connectivity index (χ3v) is 4.18. The molecular weight excluding hydrogens is 340 g/mol. The van der Waals surface area contributed by atoms with Gasteiger partial charge in [0, 0.05) is 16.3 Å². The van der Waals surface area contributed by atoms with E-state index in [0.29, 0.717) is 11.3 Å². The second kappa shape index (κ2) is 5.38. The number of benzene rings is 1. The number of hydrogen-bond acceptors (Lipinski definition) is 3. The van der Waals surface area contributed by atoms with Crippen molar-refractivity contribution in [1.82, 2.24) is 0 Å². The third-order valence-electron chi connectivity index (χ3n) is 2.28. The maximum Gasteiger partial charge on any atom is 0.356 e. The van der Waals surface area contributed by atoms with E-state index in [-0.39, 0.29) is 9.92 Å². The van der Waals surface area contributed by atoms with E-state index in [4.69, 9.17) is 16.0 Å². The zero-order valence-electron chi connectivity index (χ0n) is 9.28. The average Bonchev–Trinajstić information content (AvgIpc) is 2.32. The molecule has 1 heterocycles. The summed E-state index contributed by atoms with van der Waals surface area (Å²) in [6.45, 7) is 0. The van der Waals surface area contributed by atoms with Crippen LogP contribution < -0.4 is 5.63 Å². The number of halogens is 2. The highest BCUT2D eigenvalue weighted by Gasteiger charge is 2.13. The van der Waals surface area contributed by atoms with Crippen LogP contribution in [-0.2, 0) is 10.8 Å². The molecule has 0 fully saturated rings. The van der Waals surface area contributed by atoms with Crippen molar-refractivity contribution in [3.63, 3.8) is 0 Å². The van der Waals surface area contributed by atoms with Crippen LogP contribution in [0.1, 0.15) is 0 Å². The van der Waals surface area contributed by atoms with Gasteiger partial charge in [-0.15, -0.1) is 0 Å². The molecule has 0 amide bonds. The molecule has 0 aliphatic rings. The fourth-order valence-corrected chi connectivity index (χ4v) is 2.88. The maximum absolute atomic E-state index is 11.6. The van der Waals surface area contributed by atoms with Gasteiger partial charge in [0.15, 0.2) is 0 Å². The minimum Gasteiger partial charge on any atom is -0.422 e. The summed E-state index contributed by atoms with van der Waals surface area (Å²) < 4.78 is 17.5. The number of rotatable bonds is 2. The maximum atomic E-state index is 11.6. The van der Waals surface area contributed by atoms with Gasteiger partial charge in [-0.05, 0) is 18.2 Å². The summed E-state index contributed by atoms with van der Waals surface area (Å²) in [6, 6.07) is 8.79. The van der Waals surface area contributed by atoms with Gasteiger partial charge in [-0.2, -0.15) is 0 Å². The monoisotopic (exact) mass is 346 g/mol. The second-order valence-electron chi connectivity index (χ2n) is 3.54. The number of hydrogen-bond donors (Lipinski definition) is 0. The lowest BCUT2D eigenvalue weighted by atomic mass is 10.2. The van der Waals surface area contributed by atoms with Crippen LogP contribution in [0.2, 0.25) is 5.02 Å². The van der Waals surface area contributed by atoms with Crippen LogP contribution >= 0.6 is 27.5 Å². The quantitative estimate of drug-likeness (QED) is 0.836. The van der Waals surface area contributed by atoms with Crippen LogP contribution in [0.15, 0.2) is 48.9 Å². The first-order chi connectivity index (χ1) is 8.49. The molecule has 1 aromatic heterocycles. The minimum atomic E-state index is -1.34. The van der Waals surface area contributed by atoms with E-state index >= 15 is 0 Å².